The zero-order chi connectivity index (χ0) is 33.5. The molecule has 0 unspecified atom stereocenters. The quantitative estimate of drug-likeness (QED) is 0.203. The molecule has 5 nitrogen and oxygen atoms in total. The van der Waals surface area contributed by atoms with Gasteiger partial charge in [-0.05, 0) is 88.9 Å². The van der Waals surface area contributed by atoms with Crippen molar-refractivity contribution in [3.8, 4) is 11.5 Å². The first-order valence-corrected chi connectivity index (χ1v) is 18.0. The highest BCUT2D eigenvalue weighted by molar-refractivity contribution is 14.1. The van der Waals surface area contributed by atoms with E-state index in [0.29, 0.717) is 42.6 Å². The Hall–Kier alpha value is -3.10. The van der Waals surface area contributed by atoms with E-state index in [9.17, 15) is 9.59 Å². The standard InChI is InChI=1S/C40H43ClINO4/c1-6-46-34-19-27(18-29(42)38(34)47-24-26-14-10-11-15-28(26)41)35-36-30(20-39(2,3)22-32(36)44)43(17-16-25-12-8-7-9-13-25)31-21-40(4,5)23-33(45)37(31)35/h7-15,18-19,35H,6,16-17,20-24H2,1-5H3. The van der Waals surface area contributed by atoms with Crippen LogP contribution in [0.2, 0.25) is 5.02 Å². The summed E-state index contributed by atoms with van der Waals surface area (Å²) in [6.07, 6.45) is 3.28. The van der Waals surface area contributed by atoms with Crippen LogP contribution in [0.25, 0.3) is 0 Å². The summed E-state index contributed by atoms with van der Waals surface area (Å²) in [4.78, 5) is 31.0. The van der Waals surface area contributed by atoms with Crippen LogP contribution in [-0.2, 0) is 22.6 Å². The van der Waals surface area contributed by atoms with Crippen LogP contribution in [0.4, 0.5) is 0 Å². The number of benzene rings is 3. The molecule has 3 aromatic rings. The minimum Gasteiger partial charge on any atom is -0.490 e. The zero-order valence-electron chi connectivity index (χ0n) is 27.9. The first-order valence-electron chi connectivity index (χ1n) is 16.5. The average molecular weight is 764 g/mol. The largest absolute Gasteiger partial charge is 0.490 e. The number of ketones is 2. The van der Waals surface area contributed by atoms with Crippen molar-refractivity contribution in [3.05, 3.63) is 115 Å². The number of hydrogen-bond acceptors (Lipinski definition) is 5. The zero-order valence-corrected chi connectivity index (χ0v) is 30.8. The van der Waals surface area contributed by atoms with Crippen LogP contribution in [-0.4, -0.2) is 29.6 Å². The number of Topliss-reactive ketones (excluding diaryl/α,β-unsaturated/α-hetero) is 2. The van der Waals surface area contributed by atoms with Crippen LogP contribution in [0.1, 0.15) is 82.9 Å². The minimum atomic E-state index is -0.453. The molecule has 0 saturated carbocycles. The molecule has 0 amide bonds. The van der Waals surface area contributed by atoms with Gasteiger partial charge in [0.05, 0.1) is 10.2 Å². The molecule has 6 rings (SSSR count). The number of halogens is 2. The molecule has 1 aliphatic heterocycles. The number of nitrogens with zero attached hydrogens (tertiary/aromatic N) is 1. The lowest BCUT2D eigenvalue weighted by molar-refractivity contribution is -0.119. The summed E-state index contributed by atoms with van der Waals surface area (Å²) in [6, 6.07) is 22.2. The monoisotopic (exact) mass is 763 g/mol. The highest BCUT2D eigenvalue weighted by Gasteiger charge is 2.49. The molecule has 7 heteroatoms. The lowest BCUT2D eigenvalue weighted by atomic mass is 9.63. The van der Waals surface area contributed by atoms with Crippen molar-refractivity contribution in [1.82, 2.24) is 4.90 Å². The second kappa shape index (κ2) is 13.4. The van der Waals surface area contributed by atoms with Crippen molar-refractivity contribution in [2.45, 2.75) is 79.2 Å². The lowest BCUT2D eigenvalue weighted by Gasteiger charge is -2.49. The third-order valence-corrected chi connectivity index (χ3v) is 10.7. The van der Waals surface area contributed by atoms with Gasteiger partial charge in [0.1, 0.15) is 6.61 Å². The van der Waals surface area contributed by atoms with Gasteiger partial charge in [-0.2, -0.15) is 0 Å². The van der Waals surface area contributed by atoms with E-state index in [1.807, 2.05) is 43.3 Å². The Balaban J connectivity index is 1.49. The Morgan fingerprint density at radius 2 is 1.43 bits per heavy atom. The molecule has 0 bridgehead atoms. The average Bonchev–Trinajstić information content (AvgIpc) is 2.99. The predicted molar refractivity (Wildman–Crippen MR) is 196 cm³/mol. The van der Waals surface area contributed by atoms with Crippen molar-refractivity contribution in [1.29, 1.82) is 0 Å². The predicted octanol–water partition coefficient (Wildman–Crippen LogP) is 9.85. The highest BCUT2D eigenvalue weighted by Crippen LogP contribution is 2.55. The van der Waals surface area contributed by atoms with Gasteiger partial charge < -0.3 is 14.4 Å². The summed E-state index contributed by atoms with van der Waals surface area (Å²) in [5, 5.41) is 0.646. The highest BCUT2D eigenvalue weighted by atomic mass is 127. The van der Waals surface area contributed by atoms with E-state index in [1.165, 1.54) is 5.56 Å². The molecule has 0 radical (unpaired) electrons. The molecule has 0 spiro atoms. The topological polar surface area (TPSA) is 55.8 Å². The fraction of sp³-hybridized carbons (Fsp3) is 0.400. The van der Waals surface area contributed by atoms with Gasteiger partial charge in [0.15, 0.2) is 23.1 Å². The number of carbonyl (C=O) groups is 2. The summed E-state index contributed by atoms with van der Waals surface area (Å²) in [7, 11) is 0. The molecular formula is C40H43ClINO4. The Kier molecular flexibility index (Phi) is 9.65. The maximum atomic E-state index is 14.3. The number of rotatable bonds is 9. The Labute approximate surface area is 297 Å². The summed E-state index contributed by atoms with van der Waals surface area (Å²) >= 11 is 8.72. The SMILES string of the molecule is CCOc1cc(C2C3=C(CC(C)(C)CC3=O)N(CCc3ccccc3)C3=C2C(=O)CC(C)(C)C3)cc(I)c1OCc1ccccc1Cl. The van der Waals surface area contributed by atoms with E-state index in [4.69, 9.17) is 21.1 Å². The second-order valence-electron chi connectivity index (χ2n) is 14.6. The number of carbonyl (C=O) groups excluding carboxylic acids is 2. The maximum absolute atomic E-state index is 14.3. The van der Waals surface area contributed by atoms with E-state index < -0.39 is 5.92 Å². The van der Waals surface area contributed by atoms with E-state index in [1.54, 1.807) is 0 Å². The molecule has 1 heterocycles. The van der Waals surface area contributed by atoms with Crippen molar-refractivity contribution < 1.29 is 19.1 Å². The summed E-state index contributed by atoms with van der Waals surface area (Å²) in [5.41, 5.74) is 6.34. The van der Waals surface area contributed by atoms with Gasteiger partial charge in [0.25, 0.3) is 0 Å². The molecule has 0 aromatic heterocycles. The first kappa shape index (κ1) is 33.8. The normalized spacial score (nSPS) is 19.1. The molecule has 2 aliphatic carbocycles. The molecule has 0 fully saturated rings. The molecule has 3 aromatic carbocycles. The summed E-state index contributed by atoms with van der Waals surface area (Å²) in [6.45, 7) is 12.1. The fourth-order valence-electron chi connectivity index (χ4n) is 7.46. The lowest BCUT2D eigenvalue weighted by Crippen LogP contribution is -2.45. The molecule has 47 heavy (non-hydrogen) atoms. The van der Waals surface area contributed by atoms with Gasteiger partial charge in [-0.3, -0.25) is 9.59 Å². The van der Waals surface area contributed by atoms with Crippen LogP contribution in [0.5, 0.6) is 11.5 Å². The van der Waals surface area contributed by atoms with E-state index >= 15 is 0 Å². The van der Waals surface area contributed by atoms with Crippen LogP contribution in [0.3, 0.4) is 0 Å². The summed E-state index contributed by atoms with van der Waals surface area (Å²) < 4.78 is 13.4. The minimum absolute atomic E-state index is 0.127. The van der Waals surface area contributed by atoms with Crippen molar-refractivity contribution in [3.63, 3.8) is 0 Å². The Bertz CT molecular complexity index is 1720. The second-order valence-corrected chi connectivity index (χ2v) is 16.1. The fourth-order valence-corrected chi connectivity index (χ4v) is 8.43. The number of allylic oxidation sites excluding steroid dienone is 4. The van der Waals surface area contributed by atoms with E-state index in [-0.39, 0.29) is 22.4 Å². The number of ether oxygens (including phenoxy) is 2. The van der Waals surface area contributed by atoms with Crippen molar-refractivity contribution >= 4 is 45.8 Å². The van der Waals surface area contributed by atoms with Gasteiger partial charge in [0.2, 0.25) is 0 Å². The van der Waals surface area contributed by atoms with Crippen molar-refractivity contribution in [2.75, 3.05) is 13.2 Å². The van der Waals surface area contributed by atoms with Gasteiger partial charge >= 0.3 is 0 Å². The molecule has 3 aliphatic rings. The van der Waals surface area contributed by atoms with Crippen LogP contribution >= 0.6 is 34.2 Å². The van der Waals surface area contributed by atoms with Gasteiger partial charge in [0, 0.05) is 58.4 Å². The molecule has 246 valence electrons. The molecular weight excluding hydrogens is 721 g/mol. The molecule has 0 N–H and O–H groups in total. The molecule has 0 atom stereocenters. The van der Waals surface area contributed by atoms with Crippen molar-refractivity contribution in [2.24, 2.45) is 10.8 Å². The maximum Gasteiger partial charge on any atom is 0.174 e. The van der Waals surface area contributed by atoms with Crippen LogP contribution < -0.4 is 9.47 Å². The van der Waals surface area contributed by atoms with Gasteiger partial charge in [-0.1, -0.05) is 87.8 Å². The summed E-state index contributed by atoms with van der Waals surface area (Å²) in [5.74, 6) is 1.03. The van der Waals surface area contributed by atoms with Crippen LogP contribution in [0.15, 0.2) is 89.3 Å². The third-order valence-electron chi connectivity index (χ3n) is 9.48. The Morgan fingerprint density at radius 3 is 2.02 bits per heavy atom. The first-order chi connectivity index (χ1) is 22.4. The smallest absolute Gasteiger partial charge is 0.174 e. The van der Waals surface area contributed by atoms with Gasteiger partial charge in [-0.25, -0.2) is 0 Å². The van der Waals surface area contributed by atoms with Crippen LogP contribution in [0, 0.1) is 14.4 Å². The number of hydrogen-bond donors (Lipinski definition) is 0. The third kappa shape index (κ3) is 7.05. The van der Waals surface area contributed by atoms with E-state index in [0.717, 1.165) is 63.0 Å². The van der Waals surface area contributed by atoms with E-state index in [2.05, 4.69) is 85.5 Å². The van der Waals surface area contributed by atoms with Gasteiger partial charge in [-0.15, -0.1) is 0 Å². The molecule has 0 saturated heterocycles. The Morgan fingerprint density at radius 1 is 0.830 bits per heavy atom.